The van der Waals surface area contributed by atoms with Gasteiger partial charge in [0.1, 0.15) is 0 Å². The van der Waals surface area contributed by atoms with Crippen molar-refractivity contribution in [2.75, 3.05) is 11.9 Å². The van der Waals surface area contributed by atoms with Crippen LogP contribution >= 0.6 is 0 Å². The maximum Gasteiger partial charge on any atom is 0.224 e. The number of benzene rings is 1. The van der Waals surface area contributed by atoms with Crippen LogP contribution in [0, 0.1) is 5.92 Å². The van der Waals surface area contributed by atoms with E-state index in [-0.39, 0.29) is 5.91 Å². The fourth-order valence-electron chi connectivity index (χ4n) is 2.16. The molecule has 2 N–H and O–H groups in total. The molecule has 2 rings (SSSR count). The van der Waals surface area contributed by atoms with Gasteiger partial charge in [-0.05, 0) is 56.3 Å². The number of hydrogen-bond donors (Lipinski definition) is 2. The van der Waals surface area contributed by atoms with E-state index >= 15 is 0 Å². The molecule has 1 aromatic rings. The molecule has 1 saturated carbocycles. The van der Waals surface area contributed by atoms with Crippen molar-refractivity contribution in [2.24, 2.45) is 5.92 Å². The van der Waals surface area contributed by atoms with Gasteiger partial charge in [0.05, 0.1) is 0 Å². The summed E-state index contributed by atoms with van der Waals surface area (Å²) >= 11 is 0. The van der Waals surface area contributed by atoms with Gasteiger partial charge in [-0.3, -0.25) is 4.79 Å². The number of carbonyl (C=O) groups is 1. The van der Waals surface area contributed by atoms with E-state index in [9.17, 15) is 4.79 Å². The Labute approximate surface area is 115 Å². The first kappa shape index (κ1) is 14.1. The molecule has 1 unspecified atom stereocenters. The van der Waals surface area contributed by atoms with Gasteiger partial charge in [0, 0.05) is 18.2 Å². The van der Waals surface area contributed by atoms with Gasteiger partial charge in [-0.25, -0.2) is 0 Å². The molecule has 3 heteroatoms. The standard InChI is InChI=1S/C16H24N2O/c1-3-9-17-12(2)14-5-4-6-15(11-14)18-16(19)10-13-7-8-13/h4-6,11-13,17H,3,7-10H2,1-2H3,(H,18,19). The molecule has 0 bridgehead atoms. The molecule has 1 aromatic carbocycles. The number of amides is 1. The monoisotopic (exact) mass is 260 g/mol. The number of anilines is 1. The minimum absolute atomic E-state index is 0.147. The number of carbonyl (C=O) groups excluding carboxylic acids is 1. The molecule has 1 atom stereocenters. The van der Waals surface area contributed by atoms with Gasteiger partial charge >= 0.3 is 0 Å². The maximum atomic E-state index is 11.8. The van der Waals surface area contributed by atoms with E-state index in [4.69, 9.17) is 0 Å². The molecular formula is C16H24N2O. The first-order valence-electron chi connectivity index (χ1n) is 7.32. The Morgan fingerprint density at radius 1 is 1.42 bits per heavy atom. The molecule has 0 aromatic heterocycles. The summed E-state index contributed by atoms with van der Waals surface area (Å²) in [5.74, 6) is 0.780. The molecule has 1 amide bonds. The van der Waals surface area contributed by atoms with Crippen LogP contribution < -0.4 is 10.6 Å². The van der Waals surface area contributed by atoms with E-state index in [1.54, 1.807) is 0 Å². The van der Waals surface area contributed by atoms with Gasteiger partial charge in [0.15, 0.2) is 0 Å². The summed E-state index contributed by atoms with van der Waals surface area (Å²) in [6.07, 6.45) is 4.23. The van der Waals surface area contributed by atoms with Crippen LogP contribution in [-0.2, 0) is 4.79 Å². The lowest BCUT2D eigenvalue weighted by molar-refractivity contribution is -0.116. The van der Waals surface area contributed by atoms with Crippen LogP contribution in [0.4, 0.5) is 5.69 Å². The van der Waals surface area contributed by atoms with E-state index in [1.807, 2.05) is 12.1 Å². The molecule has 1 fully saturated rings. The van der Waals surface area contributed by atoms with Crippen molar-refractivity contribution in [1.82, 2.24) is 5.32 Å². The van der Waals surface area contributed by atoms with Crippen molar-refractivity contribution >= 4 is 11.6 Å². The summed E-state index contributed by atoms with van der Waals surface area (Å²) in [4.78, 5) is 11.8. The van der Waals surface area contributed by atoms with Crippen LogP contribution in [0.5, 0.6) is 0 Å². The van der Waals surface area contributed by atoms with Gasteiger partial charge < -0.3 is 10.6 Å². The van der Waals surface area contributed by atoms with Crippen LogP contribution in [-0.4, -0.2) is 12.5 Å². The van der Waals surface area contributed by atoms with Gasteiger partial charge in [0.2, 0.25) is 5.91 Å². The molecule has 1 aliphatic carbocycles. The number of nitrogens with one attached hydrogen (secondary N) is 2. The second-order valence-electron chi connectivity index (χ2n) is 5.50. The highest BCUT2D eigenvalue weighted by Gasteiger charge is 2.24. The van der Waals surface area contributed by atoms with E-state index in [2.05, 4.69) is 36.6 Å². The zero-order valence-electron chi connectivity index (χ0n) is 11.9. The van der Waals surface area contributed by atoms with Gasteiger partial charge in [-0.2, -0.15) is 0 Å². The highest BCUT2D eigenvalue weighted by Crippen LogP contribution is 2.32. The minimum atomic E-state index is 0.147. The summed E-state index contributed by atoms with van der Waals surface area (Å²) < 4.78 is 0. The topological polar surface area (TPSA) is 41.1 Å². The number of rotatable bonds is 7. The summed E-state index contributed by atoms with van der Waals surface area (Å²) in [6, 6.07) is 8.45. The average molecular weight is 260 g/mol. The van der Waals surface area contributed by atoms with E-state index in [0.717, 1.165) is 18.7 Å². The van der Waals surface area contributed by atoms with Crippen LogP contribution in [0.3, 0.4) is 0 Å². The third kappa shape index (κ3) is 4.67. The highest BCUT2D eigenvalue weighted by atomic mass is 16.1. The third-order valence-electron chi connectivity index (χ3n) is 3.54. The third-order valence-corrected chi connectivity index (χ3v) is 3.54. The van der Waals surface area contributed by atoms with Gasteiger partial charge in [-0.15, -0.1) is 0 Å². The predicted molar refractivity (Wildman–Crippen MR) is 79.1 cm³/mol. The molecule has 0 heterocycles. The van der Waals surface area contributed by atoms with Crippen LogP contribution in [0.25, 0.3) is 0 Å². The molecular weight excluding hydrogens is 236 g/mol. The second kappa shape index (κ2) is 6.71. The largest absolute Gasteiger partial charge is 0.326 e. The first-order chi connectivity index (χ1) is 9.19. The van der Waals surface area contributed by atoms with Crippen molar-refractivity contribution in [1.29, 1.82) is 0 Å². The molecule has 19 heavy (non-hydrogen) atoms. The lowest BCUT2D eigenvalue weighted by Gasteiger charge is -2.15. The molecule has 3 nitrogen and oxygen atoms in total. The predicted octanol–water partition coefficient (Wildman–Crippen LogP) is 3.49. The Morgan fingerprint density at radius 3 is 2.89 bits per heavy atom. The second-order valence-corrected chi connectivity index (χ2v) is 5.50. The zero-order valence-corrected chi connectivity index (χ0v) is 11.9. The van der Waals surface area contributed by atoms with Crippen LogP contribution in [0.15, 0.2) is 24.3 Å². The highest BCUT2D eigenvalue weighted by molar-refractivity contribution is 5.91. The maximum absolute atomic E-state index is 11.8. The first-order valence-corrected chi connectivity index (χ1v) is 7.32. The number of hydrogen-bond acceptors (Lipinski definition) is 2. The Hall–Kier alpha value is -1.35. The van der Waals surface area contributed by atoms with Crippen molar-refractivity contribution in [2.45, 2.75) is 45.6 Å². The smallest absolute Gasteiger partial charge is 0.224 e. The summed E-state index contributed by atoms with van der Waals surface area (Å²) in [5.41, 5.74) is 2.13. The summed E-state index contributed by atoms with van der Waals surface area (Å²) in [7, 11) is 0. The van der Waals surface area contributed by atoms with Crippen molar-refractivity contribution in [3.63, 3.8) is 0 Å². The Morgan fingerprint density at radius 2 is 2.21 bits per heavy atom. The fraction of sp³-hybridized carbons (Fsp3) is 0.562. The average Bonchev–Trinajstić information content (AvgIpc) is 3.20. The van der Waals surface area contributed by atoms with Crippen molar-refractivity contribution in [3.8, 4) is 0 Å². The van der Waals surface area contributed by atoms with Crippen LogP contribution in [0.2, 0.25) is 0 Å². The molecule has 0 saturated heterocycles. The molecule has 0 aliphatic heterocycles. The fourth-order valence-corrected chi connectivity index (χ4v) is 2.16. The van der Waals surface area contributed by atoms with E-state index in [0.29, 0.717) is 18.4 Å². The van der Waals surface area contributed by atoms with Crippen molar-refractivity contribution < 1.29 is 4.79 Å². The molecule has 1 aliphatic rings. The quantitative estimate of drug-likeness (QED) is 0.788. The summed E-state index contributed by atoms with van der Waals surface area (Å²) in [6.45, 7) is 5.33. The molecule has 0 radical (unpaired) electrons. The van der Waals surface area contributed by atoms with Gasteiger partial charge in [0.25, 0.3) is 0 Å². The lowest BCUT2D eigenvalue weighted by Crippen LogP contribution is -2.19. The Kier molecular flexibility index (Phi) is 4.97. The molecule has 104 valence electrons. The zero-order chi connectivity index (χ0) is 13.7. The SMILES string of the molecule is CCCNC(C)c1cccc(NC(=O)CC2CC2)c1. The van der Waals surface area contributed by atoms with Gasteiger partial charge in [-0.1, -0.05) is 19.1 Å². The Balaban J connectivity index is 1.91. The molecule has 0 spiro atoms. The van der Waals surface area contributed by atoms with E-state index in [1.165, 1.54) is 18.4 Å². The lowest BCUT2D eigenvalue weighted by atomic mass is 10.1. The normalized spacial score (nSPS) is 16.1. The Bertz CT molecular complexity index is 427. The minimum Gasteiger partial charge on any atom is -0.326 e. The van der Waals surface area contributed by atoms with Crippen LogP contribution in [0.1, 0.15) is 51.1 Å². The summed E-state index contributed by atoms with van der Waals surface area (Å²) in [5, 5.41) is 6.46. The van der Waals surface area contributed by atoms with E-state index < -0.39 is 0 Å². The van der Waals surface area contributed by atoms with Crippen molar-refractivity contribution in [3.05, 3.63) is 29.8 Å².